The van der Waals surface area contributed by atoms with Crippen molar-refractivity contribution < 1.29 is 10.0 Å². The maximum Gasteiger partial charge on any atom is 0.271 e. The number of imidazole rings is 1. The van der Waals surface area contributed by atoms with Gasteiger partial charge in [0.2, 0.25) is 0 Å². The van der Waals surface area contributed by atoms with Gasteiger partial charge in [-0.1, -0.05) is 41.5 Å². The van der Waals surface area contributed by atoms with Gasteiger partial charge < -0.3 is 10.1 Å². The highest BCUT2D eigenvalue weighted by Crippen LogP contribution is 2.41. The van der Waals surface area contributed by atoms with E-state index in [1.807, 2.05) is 12.1 Å². The summed E-state index contributed by atoms with van der Waals surface area (Å²) < 4.78 is 0. The molecule has 0 atom stereocenters. The van der Waals surface area contributed by atoms with Crippen LogP contribution in [0.4, 0.5) is 5.69 Å². The predicted octanol–water partition coefficient (Wildman–Crippen LogP) is 5.44. The summed E-state index contributed by atoms with van der Waals surface area (Å²) in [5.41, 5.74) is 3.35. The van der Waals surface area contributed by atoms with E-state index in [0.29, 0.717) is 22.6 Å². The second-order valence-corrected chi connectivity index (χ2v) is 8.96. The lowest BCUT2D eigenvalue weighted by Crippen LogP contribution is -2.17. The molecule has 0 fully saturated rings. The van der Waals surface area contributed by atoms with Gasteiger partial charge in [-0.05, 0) is 29.0 Å². The van der Waals surface area contributed by atoms with Crippen LogP contribution in [0, 0.1) is 10.1 Å². The molecule has 3 aromatic rings. The number of phenolic OH excluding ortho intramolecular Hbond substituents is 1. The topological polar surface area (TPSA) is 92.0 Å². The van der Waals surface area contributed by atoms with Gasteiger partial charge in [0.1, 0.15) is 11.6 Å². The van der Waals surface area contributed by atoms with E-state index >= 15 is 0 Å². The summed E-state index contributed by atoms with van der Waals surface area (Å²) in [6, 6.07) is 8.46. The Labute approximate surface area is 158 Å². The van der Waals surface area contributed by atoms with Crippen molar-refractivity contribution >= 4 is 16.7 Å². The van der Waals surface area contributed by atoms with Crippen LogP contribution in [0.25, 0.3) is 22.4 Å². The van der Waals surface area contributed by atoms with Gasteiger partial charge in [-0.15, -0.1) is 0 Å². The number of phenols is 1. The number of nitro benzene ring substituents is 1. The molecule has 0 saturated carbocycles. The van der Waals surface area contributed by atoms with Crippen LogP contribution in [-0.2, 0) is 10.8 Å². The van der Waals surface area contributed by atoms with E-state index in [9.17, 15) is 15.2 Å². The van der Waals surface area contributed by atoms with Crippen LogP contribution in [0.3, 0.4) is 0 Å². The van der Waals surface area contributed by atoms with E-state index in [1.54, 1.807) is 6.07 Å². The standard InChI is InChI=1S/C21H25N3O3/c1-20(2,3)14-9-12(10-15(18(14)25)21(4,5)6)19-22-16-8-7-13(24(26)27)11-17(16)23-19/h7-11,25H,1-6H3,(H,22,23). The van der Waals surface area contributed by atoms with Gasteiger partial charge in [0.05, 0.1) is 16.0 Å². The summed E-state index contributed by atoms with van der Waals surface area (Å²) in [4.78, 5) is 18.4. The molecule has 6 nitrogen and oxygen atoms in total. The van der Waals surface area contributed by atoms with Crippen molar-refractivity contribution in [2.75, 3.05) is 0 Å². The summed E-state index contributed by atoms with van der Waals surface area (Å²) in [6.07, 6.45) is 0. The van der Waals surface area contributed by atoms with Crippen molar-refractivity contribution in [3.63, 3.8) is 0 Å². The number of nitro groups is 1. The van der Waals surface area contributed by atoms with E-state index in [2.05, 4.69) is 51.5 Å². The molecule has 0 bridgehead atoms. The average Bonchev–Trinajstić information content (AvgIpc) is 2.95. The number of fused-ring (bicyclic) bond motifs is 1. The van der Waals surface area contributed by atoms with Gasteiger partial charge in [0.15, 0.2) is 0 Å². The molecule has 6 heteroatoms. The van der Waals surface area contributed by atoms with Gasteiger partial charge >= 0.3 is 0 Å². The molecule has 1 heterocycles. The third-order valence-corrected chi connectivity index (χ3v) is 4.68. The highest BCUT2D eigenvalue weighted by Gasteiger charge is 2.27. The van der Waals surface area contributed by atoms with Gasteiger partial charge in [0.25, 0.3) is 5.69 Å². The molecular formula is C21H25N3O3. The lowest BCUT2D eigenvalue weighted by Gasteiger charge is -2.28. The van der Waals surface area contributed by atoms with E-state index in [0.717, 1.165) is 16.7 Å². The minimum absolute atomic E-state index is 0.0224. The van der Waals surface area contributed by atoms with Crippen LogP contribution in [0.15, 0.2) is 30.3 Å². The maximum atomic E-state index is 11.0. The average molecular weight is 367 g/mol. The second kappa shape index (κ2) is 6.08. The lowest BCUT2D eigenvalue weighted by atomic mass is 9.78. The molecule has 1 aromatic heterocycles. The number of H-pyrrole nitrogens is 1. The second-order valence-electron chi connectivity index (χ2n) is 8.96. The number of aromatic amines is 1. The summed E-state index contributed by atoms with van der Waals surface area (Å²) in [6.45, 7) is 12.3. The lowest BCUT2D eigenvalue weighted by molar-refractivity contribution is -0.384. The Bertz CT molecular complexity index is 1000. The van der Waals surface area contributed by atoms with E-state index < -0.39 is 4.92 Å². The first-order valence-electron chi connectivity index (χ1n) is 8.90. The quantitative estimate of drug-likeness (QED) is 0.466. The van der Waals surface area contributed by atoms with Crippen LogP contribution < -0.4 is 0 Å². The number of non-ortho nitro benzene ring substituents is 1. The van der Waals surface area contributed by atoms with Crippen molar-refractivity contribution in [2.45, 2.75) is 52.4 Å². The fourth-order valence-corrected chi connectivity index (χ4v) is 3.16. The highest BCUT2D eigenvalue weighted by atomic mass is 16.6. The first-order valence-corrected chi connectivity index (χ1v) is 8.90. The normalized spacial score (nSPS) is 12.5. The Morgan fingerprint density at radius 2 is 1.56 bits per heavy atom. The molecule has 0 aliphatic heterocycles. The maximum absolute atomic E-state index is 11.0. The summed E-state index contributed by atoms with van der Waals surface area (Å²) >= 11 is 0. The number of hydrogen-bond donors (Lipinski definition) is 2. The zero-order valence-corrected chi connectivity index (χ0v) is 16.5. The van der Waals surface area contributed by atoms with Crippen LogP contribution >= 0.6 is 0 Å². The van der Waals surface area contributed by atoms with Crippen LogP contribution in [0.2, 0.25) is 0 Å². The van der Waals surface area contributed by atoms with Crippen LogP contribution in [0.5, 0.6) is 5.75 Å². The predicted molar refractivity (Wildman–Crippen MR) is 107 cm³/mol. The minimum Gasteiger partial charge on any atom is -0.507 e. The molecule has 0 aliphatic rings. The Morgan fingerprint density at radius 3 is 2.04 bits per heavy atom. The molecule has 2 N–H and O–H groups in total. The molecule has 0 radical (unpaired) electrons. The summed E-state index contributed by atoms with van der Waals surface area (Å²) in [5, 5.41) is 21.9. The van der Waals surface area contributed by atoms with Gasteiger partial charge in [0, 0.05) is 28.8 Å². The molecule has 0 amide bonds. The van der Waals surface area contributed by atoms with Crippen molar-refractivity contribution in [2.24, 2.45) is 0 Å². The largest absolute Gasteiger partial charge is 0.507 e. The smallest absolute Gasteiger partial charge is 0.271 e. The van der Waals surface area contributed by atoms with Crippen LogP contribution in [0.1, 0.15) is 52.7 Å². The summed E-state index contributed by atoms with van der Waals surface area (Å²) in [7, 11) is 0. The fraction of sp³-hybridized carbons (Fsp3) is 0.381. The number of nitrogens with zero attached hydrogens (tertiary/aromatic N) is 2. The molecule has 142 valence electrons. The third-order valence-electron chi connectivity index (χ3n) is 4.68. The first kappa shape index (κ1) is 18.9. The van der Waals surface area contributed by atoms with E-state index in [4.69, 9.17) is 0 Å². The number of aromatic nitrogens is 2. The third kappa shape index (κ3) is 3.52. The Hall–Kier alpha value is -2.89. The van der Waals surface area contributed by atoms with Crippen molar-refractivity contribution in [1.82, 2.24) is 9.97 Å². The zero-order valence-electron chi connectivity index (χ0n) is 16.5. The number of rotatable bonds is 2. The monoisotopic (exact) mass is 367 g/mol. The fourth-order valence-electron chi connectivity index (χ4n) is 3.16. The number of aromatic hydroxyl groups is 1. The van der Waals surface area contributed by atoms with E-state index in [1.165, 1.54) is 12.1 Å². The van der Waals surface area contributed by atoms with Gasteiger partial charge in [-0.2, -0.15) is 0 Å². The molecule has 0 saturated heterocycles. The molecular weight excluding hydrogens is 342 g/mol. The minimum atomic E-state index is -0.421. The zero-order chi connectivity index (χ0) is 20.1. The molecule has 2 aromatic carbocycles. The molecule has 27 heavy (non-hydrogen) atoms. The SMILES string of the molecule is CC(C)(C)c1cc(-c2nc3ccc([N+](=O)[O-])cc3[nH]2)cc(C(C)(C)C)c1O. The van der Waals surface area contributed by atoms with Crippen molar-refractivity contribution in [3.05, 3.63) is 51.6 Å². The molecule has 0 spiro atoms. The number of nitrogens with one attached hydrogen (secondary N) is 1. The van der Waals surface area contributed by atoms with E-state index in [-0.39, 0.29) is 16.5 Å². The molecule has 3 rings (SSSR count). The summed E-state index contributed by atoms with van der Waals surface area (Å²) in [5.74, 6) is 0.937. The Kier molecular flexibility index (Phi) is 4.25. The van der Waals surface area contributed by atoms with Gasteiger partial charge in [-0.25, -0.2) is 4.98 Å². The van der Waals surface area contributed by atoms with Gasteiger partial charge in [-0.3, -0.25) is 10.1 Å². The molecule has 0 aliphatic carbocycles. The Balaban J connectivity index is 2.24. The first-order chi connectivity index (χ1) is 12.4. The highest BCUT2D eigenvalue weighted by molar-refractivity contribution is 5.82. The Morgan fingerprint density at radius 1 is 1.00 bits per heavy atom. The number of benzene rings is 2. The molecule has 0 unspecified atom stereocenters. The van der Waals surface area contributed by atoms with Crippen LogP contribution in [-0.4, -0.2) is 20.0 Å². The number of hydrogen-bond acceptors (Lipinski definition) is 4. The van der Waals surface area contributed by atoms with Crippen molar-refractivity contribution in [3.8, 4) is 17.1 Å². The van der Waals surface area contributed by atoms with Crippen molar-refractivity contribution in [1.29, 1.82) is 0 Å².